The third-order valence-corrected chi connectivity index (χ3v) is 6.48. The van der Waals surface area contributed by atoms with Crippen LogP contribution in [0.5, 0.6) is 0 Å². The Morgan fingerprint density at radius 3 is 2.50 bits per heavy atom. The van der Waals surface area contributed by atoms with E-state index in [2.05, 4.69) is 44.7 Å². The maximum Gasteiger partial charge on any atom is 0.227 e. The van der Waals surface area contributed by atoms with Crippen molar-refractivity contribution in [2.24, 2.45) is 5.92 Å². The number of hydrogen-bond acceptors (Lipinski definition) is 3. The van der Waals surface area contributed by atoms with Crippen LogP contribution in [-0.2, 0) is 11.3 Å². The van der Waals surface area contributed by atoms with Crippen LogP contribution in [0.25, 0.3) is 0 Å². The van der Waals surface area contributed by atoms with Crippen LogP contribution >= 0.6 is 24.0 Å². The van der Waals surface area contributed by atoms with Gasteiger partial charge in [-0.25, -0.2) is 0 Å². The molecule has 1 atom stereocenters. The van der Waals surface area contributed by atoms with E-state index in [1.54, 1.807) is 11.8 Å². The number of hydrogen-bond donors (Lipinski definition) is 0. The van der Waals surface area contributed by atoms with Gasteiger partial charge in [0.2, 0.25) is 5.91 Å². The molecule has 1 saturated heterocycles. The zero-order valence-corrected chi connectivity index (χ0v) is 16.8. The summed E-state index contributed by atoms with van der Waals surface area (Å²) in [6.07, 6.45) is 0.909. The van der Waals surface area contributed by atoms with Crippen LogP contribution in [0.1, 0.15) is 39.7 Å². The number of thiocarbonyl (C=S) groups is 1. The Balaban J connectivity index is 2.01. The lowest BCUT2D eigenvalue weighted by molar-refractivity contribution is -0.132. The van der Waals surface area contributed by atoms with Crippen molar-refractivity contribution < 1.29 is 4.79 Å². The van der Waals surface area contributed by atoms with E-state index in [9.17, 15) is 4.79 Å². The Morgan fingerprint density at radius 2 is 1.92 bits per heavy atom. The van der Waals surface area contributed by atoms with E-state index in [4.69, 9.17) is 12.2 Å². The first-order chi connectivity index (χ1) is 11.4. The number of likely N-dealkylation sites (tertiary alicyclic amines) is 1. The summed E-state index contributed by atoms with van der Waals surface area (Å²) in [4.78, 5) is 17.1. The highest BCUT2D eigenvalue weighted by atomic mass is 32.2. The van der Waals surface area contributed by atoms with Crippen molar-refractivity contribution >= 4 is 34.2 Å². The Labute approximate surface area is 155 Å². The van der Waals surface area contributed by atoms with Crippen LogP contribution in [0.4, 0.5) is 0 Å². The second-order valence-electron chi connectivity index (χ2n) is 6.73. The molecule has 24 heavy (non-hydrogen) atoms. The van der Waals surface area contributed by atoms with Crippen molar-refractivity contribution in [2.45, 2.75) is 45.4 Å². The zero-order valence-electron chi connectivity index (χ0n) is 15.1. The summed E-state index contributed by atoms with van der Waals surface area (Å²) in [5.74, 6) is 0.290. The molecule has 3 nitrogen and oxygen atoms in total. The molecule has 5 heteroatoms. The Morgan fingerprint density at radius 1 is 1.29 bits per heavy atom. The molecule has 1 aromatic rings. The van der Waals surface area contributed by atoms with E-state index in [1.165, 1.54) is 5.56 Å². The highest BCUT2D eigenvalue weighted by Gasteiger charge is 2.43. The SMILES string of the molecule is CCN(CC)C(=S)SC(C)(C)C1CCN(Cc2ccccc2)C1=O. The smallest absolute Gasteiger partial charge is 0.227 e. The highest BCUT2D eigenvalue weighted by Crippen LogP contribution is 2.40. The Bertz CT molecular complexity index is 570. The van der Waals surface area contributed by atoms with Crippen molar-refractivity contribution in [2.75, 3.05) is 19.6 Å². The van der Waals surface area contributed by atoms with Gasteiger partial charge in [0, 0.05) is 30.9 Å². The number of carbonyl (C=O) groups excluding carboxylic acids is 1. The molecule has 1 unspecified atom stereocenters. The van der Waals surface area contributed by atoms with Gasteiger partial charge in [-0.15, -0.1) is 0 Å². The molecular weight excluding hydrogens is 336 g/mol. The van der Waals surface area contributed by atoms with Crippen LogP contribution < -0.4 is 0 Å². The lowest BCUT2D eigenvalue weighted by Gasteiger charge is -2.33. The normalized spacial score (nSPS) is 18.1. The first-order valence-corrected chi connectivity index (χ1v) is 9.92. The standard InChI is InChI=1S/C19H28N2OS2/c1-5-20(6-2)18(23)24-19(3,4)16-12-13-21(17(16)22)14-15-10-8-7-9-11-15/h7-11,16H,5-6,12-14H2,1-4H3. The quantitative estimate of drug-likeness (QED) is 0.707. The molecule has 1 heterocycles. The number of thioether (sulfide) groups is 1. The lowest BCUT2D eigenvalue weighted by Crippen LogP contribution is -2.39. The Hall–Kier alpha value is -1.07. The summed E-state index contributed by atoms with van der Waals surface area (Å²) in [5, 5.41) is 0. The Kier molecular flexibility index (Phi) is 6.70. The van der Waals surface area contributed by atoms with Gasteiger partial charge in [-0.3, -0.25) is 4.79 Å². The highest BCUT2D eigenvalue weighted by molar-refractivity contribution is 8.23. The summed E-state index contributed by atoms with van der Waals surface area (Å²) in [5.41, 5.74) is 1.19. The molecule has 0 saturated carbocycles. The maximum atomic E-state index is 12.9. The van der Waals surface area contributed by atoms with Gasteiger partial charge < -0.3 is 9.80 Å². The molecule has 132 valence electrons. The number of rotatable bonds is 6. The molecule has 0 radical (unpaired) electrons. The number of benzene rings is 1. The van der Waals surface area contributed by atoms with E-state index in [0.717, 1.165) is 30.4 Å². The molecule has 1 aromatic carbocycles. The summed E-state index contributed by atoms with van der Waals surface area (Å²) >= 11 is 7.27. The van der Waals surface area contributed by atoms with Crippen molar-refractivity contribution in [3.05, 3.63) is 35.9 Å². The summed E-state index contributed by atoms with van der Waals surface area (Å²) < 4.78 is 0.724. The van der Waals surface area contributed by atoms with E-state index in [-0.39, 0.29) is 16.6 Å². The molecule has 0 spiro atoms. The second kappa shape index (κ2) is 8.34. The lowest BCUT2D eigenvalue weighted by atomic mass is 9.93. The van der Waals surface area contributed by atoms with Gasteiger partial charge in [-0.2, -0.15) is 0 Å². The first kappa shape index (κ1) is 19.3. The molecule has 1 amide bonds. The number of nitrogens with zero attached hydrogens (tertiary/aromatic N) is 2. The largest absolute Gasteiger partial charge is 0.358 e. The van der Waals surface area contributed by atoms with Crippen LogP contribution in [-0.4, -0.2) is 44.4 Å². The predicted molar refractivity (Wildman–Crippen MR) is 107 cm³/mol. The number of amides is 1. The third kappa shape index (κ3) is 4.51. The third-order valence-electron chi connectivity index (χ3n) is 4.72. The van der Waals surface area contributed by atoms with Crippen molar-refractivity contribution in [1.82, 2.24) is 9.80 Å². The number of carbonyl (C=O) groups is 1. The minimum atomic E-state index is -0.178. The fourth-order valence-corrected chi connectivity index (χ4v) is 5.29. The van der Waals surface area contributed by atoms with Crippen LogP contribution in [0.15, 0.2) is 30.3 Å². The molecule has 1 aliphatic rings. The monoisotopic (exact) mass is 364 g/mol. The minimum absolute atomic E-state index is 0.0275. The fourth-order valence-electron chi connectivity index (χ4n) is 3.19. The summed E-state index contributed by atoms with van der Waals surface area (Å²) in [7, 11) is 0. The second-order valence-corrected chi connectivity index (χ2v) is 9.02. The molecular formula is C19H28N2OS2. The van der Waals surface area contributed by atoms with Gasteiger partial charge in [-0.1, -0.05) is 54.3 Å². The van der Waals surface area contributed by atoms with Gasteiger partial charge in [0.1, 0.15) is 4.32 Å². The molecule has 2 rings (SSSR count). The first-order valence-electron chi connectivity index (χ1n) is 8.69. The molecule has 0 aromatic heterocycles. The zero-order chi connectivity index (χ0) is 17.7. The molecule has 0 bridgehead atoms. The summed E-state index contributed by atoms with van der Waals surface area (Å²) in [6.45, 7) is 11.9. The van der Waals surface area contributed by atoms with Crippen LogP contribution in [0, 0.1) is 5.92 Å². The van der Waals surface area contributed by atoms with Gasteiger partial charge >= 0.3 is 0 Å². The van der Waals surface area contributed by atoms with Gasteiger partial charge in [0.25, 0.3) is 0 Å². The van der Waals surface area contributed by atoms with Crippen molar-refractivity contribution in [1.29, 1.82) is 0 Å². The van der Waals surface area contributed by atoms with Crippen LogP contribution in [0.3, 0.4) is 0 Å². The van der Waals surface area contributed by atoms with Crippen molar-refractivity contribution in [3.8, 4) is 0 Å². The average molecular weight is 365 g/mol. The van der Waals surface area contributed by atoms with Gasteiger partial charge in [0.05, 0.1) is 5.92 Å². The predicted octanol–water partition coefficient (Wildman–Crippen LogP) is 4.17. The van der Waals surface area contributed by atoms with E-state index in [0.29, 0.717) is 6.54 Å². The van der Waals surface area contributed by atoms with Crippen LogP contribution in [0.2, 0.25) is 0 Å². The van der Waals surface area contributed by atoms with E-state index in [1.807, 2.05) is 23.1 Å². The van der Waals surface area contributed by atoms with E-state index >= 15 is 0 Å². The minimum Gasteiger partial charge on any atom is -0.358 e. The van der Waals surface area contributed by atoms with Crippen molar-refractivity contribution in [3.63, 3.8) is 0 Å². The molecule has 1 aliphatic heterocycles. The molecule has 1 fully saturated rings. The van der Waals surface area contributed by atoms with Gasteiger partial charge in [0.15, 0.2) is 0 Å². The van der Waals surface area contributed by atoms with E-state index < -0.39 is 0 Å². The molecule has 0 N–H and O–H groups in total. The van der Waals surface area contributed by atoms with Gasteiger partial charge in [-0.05, 0) is 39.7 Å². The average Bonchev–Trinajstić information content (AvgIpc) is 2.91. The maximum absolute atomic E-state index is 12.9. The fraction of sp³-hybridized carbons (Fsp3) is 0.579. The topological polar surface area (TPSA) is 23.6 Å². The molecule has 0 aliphatic carbocycles. The summed E-state index contributed by atoms with van der Waals surface area (Å²) in [6, 6.07) is 10.2.